The molecular weight excluding hydrogens is 494 g/mol. The van der Waals surface area contributed by atoms with E-state index in [0.717, 1.165) is 11.8 Å². The van der Waals surface area contributed by atoms with Gasteiger partial charge in [-0.25, -0.2) is 14.6 Å². The van der Waals surface area contributed by atoms with E-state index in [9.17, 15) is 19.5 Å². The van der Waals surface area contributed by atoms with Gasteiger partial charge < -0.3 is 24.4 Å². The minimum absolute atomic E-state index is 0.0542. The van der Waals surface area contributed by atoms with E-state index in [0.29, 0.717) is 10.0 Å². The molecule has 0 fully saturated rings. The number of methoxy groups -OCH3 is 1. The smallest absolute Gasteiger partial charge is 0.344 e. The van der Waals surface area contributed by atoms with E-state index in [1.807, 2.05) is 0 Å². The van der Waals surface area contributed by atoms with Gasteiger partial charge in [0.2, 0.25) is 5.91 Å². The fraction of sp³-hybridized carbons (Fsp3) is 0.300. The molecule has 0 bridgehead atoms. The summed E-state index contributed by atoms with van der Waals surface area (Å²) < 4.78 is 16.0. The first-order chi connectivity index (χ1) is 14.7. The first kappa shape index (κ1) is 24.5. The third-order valence-electron chi connectivity index (χ3n) is 3.82. The van der Waals surface area contributed by atoms with Crippen LogP contribution in [0.5, 0.6) is 11.5 Å². The lowest BCUT2D eigenvalue weighted by molar-refractivity contribution is -0.139. The van der Waals surface area contributed by atoms with E-state index in [4.69, 9.17) is 19.3 Å². The number of hydrogen-bond acceptors (Lipinski definition) is 8. The van der Waals surface area contributed by atoms with E-state index in [-0.39, 0.29) is 45.8 Å². The molecule has 0 aliphatic carbocycles. The van der Waals surface area contributed by atoms with Crippen LogP contribution in [0.25, 0.3) is 6.08 Å². The van der Waals surface area contributed by atoms with Gasteiger partial charge in [0.05, 0.1) is 18.6 Å². The number of carboxylic acids is 1. The standard InChI is InChI=1S/C20H20BrNO8S/c1-4-15(23)22-19-17(20(27)29-5-2)18(26)14(31-19)7-10-6-12(28-3)13(8-11(10)21)30-9-16(24)25/h6-8,26H,4-5,9H2,1-3H3,(H,24,25)/b14-7-,22-19?. The number of rotatable bonds is 8. The number of ether oxygens (including phenoxy) is 3. The second-order valence-corrected chi connectivity index (χ2v) is 7.81. The highest BCUT2D eigenvalue weighted by atomic mass is 79.9. The number of nitrogens with zero attached hydrogens (tertiary/aromatic N) is 1. The minimum Gasteiger partial charge on any atom is -0.506 e. The summed E-state index contributed by atoms with van der Waals surface area (Å²) in [7, 11) is 1.40. The van der Waals surface area contributed by atoms with Gasteiger partial charge in [-0.3, -0.25) is 4.79 Å². The number of aliphatic imine (C=N–C) groups is 1. The number of carbonyl (C=O) groups excluding carboxylic acids is 2. The molecule has 9 nitrogen and oxygen atoms in total. The summed E-state index contributed by atoms with van der Waals surface area (Å²) in [4.78, 5) is 39.0. The zero-order chi connectivity index (χ0) is 23.1. The number of esters is 1. The van der Waals surface area contributed by atoms with Gasteiger partial charge in [-0.1, -0.05) is 34.6 Å². The van der Waals surface area contributed by atoms with Crippen molar-refractivity contribution in [2.45, 2.75) is 20.3 Å². The van der Waals surface area contributed by atoms with E-state index in [1.54, 1.807) is 26.0 Å². The quantitative estimate of drug-likeness (QED) is 0.498. The number of carbonyl (C=O) groups is 3. The Labute approximate surface area is 190 Å². The molecule has 0 spiro atoms. The first-order valence-electron chi connectivity index (χ1n) is 9.06. The number of aliphatic carboxylic acids is 1. The SMILES string of the molecule is CCOC(=O)C1=C(O)/C(=C/c2cc(OC)c(OCC(=O)O)cc2Br)SC1=NC(=O)CC. The molecular formula is C20H20BrNO8S. The average Bonchev–Trinajstić information content (AvgIpc) is 3.02. The van der Waals surface area contributed by atoms with Gasteiger partial charge in [-0.15, -0.1) is 0 Å². The van der Waals surface area contributed by atoms with Crippen molar-refractivity contribution in [1.29, 1.82) is 0 Å². The second kappa shape index (κ2) is 11.0. The monoisotopic (exact) mass is 513 g/mol. The van der Waals surface area contributed by atoms with Gasteiger partial charge in [0, 0.05) is 10.9 Å². The lowest BCUT2D eigenvalue weighted by atomic mass is 10.1. The van der Waals surface area contributed by atoms with E-state index < -0.39 is 24.5 Å². The van der Waals surface area contributed by atoms with Crippen LogP contribution in [0.4, 0.5) is 0 Å². The van der Waals surface area contributed by atoms with E-state index >= 15 is 0 Å². The molecule has 2 rings (SSSR count). The fourth-order valence-electron chi connectivity index (χ4n) is 2.40. The Balaban J connectivity index is 2.50. The summed E-state index contributed by atoms with van der Waals surface area (Å²) in [5.41, 5.74) is 0.365. The minimum atomic E-state index is -1.14. The van der Waals surface area contributed by atoms with E-state index in [1.165, 1.54) is 13.2 Å². The van der Waals surface area contributed by atoms with Crippen LogP contribution in [0.2, 0.25) is 0 Å². The summed E-state index contributed by atoms with van der Waals surface area (Å²) in [5, 5.41) is 19.5. The molecule has 0 saturated carbocycles. The number of halogens is 1. The van der Waals surface area contributed by atoms with Gasteiger partial charge >= 0.3 is 11.9 Å². The topological polar surface area (TPSA) is 132 Å². The molecule has 11 heteroatoms. The normalized spacial score (nSPS) is 16.0. The Bertz CT molecular complexity index is 999. The molecule has 2 N–H and O–H groups in total. The van der Waals surface area contributed by atoms with Crippen LogP contribution in [-0.4, -0.2) is 53.4 Å². The molecule has 31 heavy (non-hydrogen) atoms. The highest BCUT2D eigenvalue weighted by molar-refractivity contribution is 9.10. The number of aliphatic hydroxyl groups is 1. The van der Waals surface area contributed by atoms with Crippen LogP contribution < -0.4 is 9.47 Å². The van der Waals surface area contributed by atoms with Crippen LogP contribution in [0.1, 0.15) is 25.8 Å². The maximum atomic E-state index is 12.3. The first-order valence-corrected chi connectivity index (χ1v) is 10.7. The predicted molar refractivity (Wildman–Crippen MR) is 118 cm³/mol. The van der Waals surface area contributed by atoms with Gasteiger partial charge in [0.15, 0.2) is 18.1 Å². The molecule has 0 aromatic heterocycles. The molecule has 1 heterocycles. The predicted octanol–water partition coefficient (Wildman–Crippen LogP) is 3.72. The fourth-order valence-corrected chi connectivity index (χ4v) is 3.86. The van der Waals surface area contributed by atoms with Crippen LogP contribution >= 0.6 is 27.7 Å². The molecule has 166 valence electrons. The van der Waals surface area contributed by atoms with E-state index in [2.05, 4.69) is 20.9 Å². The Morgan fingerprint density at radius 3 is 2.52 bits per heavy atom. The van der Waals surface area contributed by atoms with Crippen LogP contribution in [-0.2, 0) is 19.1 Å². The van der Waals surface area contributed by atoms with Crippen molar-refractivity contribution < 1.29 is 38.8 Å². The van der Waals surface area contributed by atoms with Crippen molar-refractivity contribution >= 4 is 56.7 Å². The van der Waals surface area contributed by atoms with Crippen molar-refractivity contribution in [2.75, 3.05) is 20.3 Å². The van der Waals surface area contributed by atoms with Gasteiger partial charge in [0.1, 0.15) is 16.4 Å². The molecule has 1 aromatic rings. The van der Waals surface area contributed by atoms with Gasteiger partial charge in [-0.05, 0) is 30.7 Å². The zero-order valence-electron chi connectivity index (χ0n) is 16.9. The number of benzene rings is 1. The number of hydrogen-bond donors (Lipinski definition) is 2. The lowest BCUT2D eigenvalue weighted by Gasteiger charge is -2.12. The van der Waals surface area contributed by atoms with Crippen molar-refractivity contribution in [3.8, 4) is 11.5 Å². The third-order valence-corrected chi connectivity index (χ3v) is 5.53. The number of aliphatic hydroxyl groups excluding tert-OH is 1. The van der Waals surface area contributed by atoms with Crippen molar-refractivity contribution in [3.63, 3.8) is 0 Å². The Kier molecular flexibility index (Phi) is 8.69. The summed E-state index contributed by atoms with van der Waals surface area (Å²) in [6.45, 7) is 2.80. The van der Waals surface area contributed by atoms with Gasteiger partial charge in [0.25, 0.3) is 0 Å². The maximum absolute atomic E-state index is 12.3. The molecule has 1 aromatic carbocycles. The second-order valence-electron chi connectivity index (χ2n) is 5.93. The molecule has 0 unspecified atom stereocenters. The summed E-state index contributed by atoms with van der Waals surface area (Å²) in [5.74, 6) is -2.25. The Hall–Kier alpha value is -2.79. The molecule has 1 aliphatic heterocycles. The van der Waals surface area contributed by atoms with Crippen LogP contribution in [0.15, 0.2) is 37.8 Å². The average molecular weight is 514 g/mol. The van der Waals surface area contributed by atoms with Crippen LogP contribution in [0, 0.1) is 0 Å². The Morgan fingerprint density at radius 1 is 1.23 bits per heavy atom. The molecule has 1 aliphatic rings. The number of carboxylic acid groups (broad SMARTS) is 1. The molecule has 1 amide bonds. The largest absolute Gasteiger partial charge is 0.506 e. The summed E-state index contributed by atoms with van der Waals surface area (Å²) >= 11 is 4.32. The van der Waals surface area contributed by atoms with Crippen molar-refractivity contribution in [3.05, 3.63) is 38.4 Å². The molecule has 0 atom stereocenters. The van der Waals surface area contributed by atoms with Crippen molar-refractivity contribution in [1.82, 2.24) is 0 Å². The number of amides is 1. The van der Waals surface area contributed by atoms with Crippen LogP contribution in [0.3, 0.4) is 0 Å². The van der Waals surface area contributed by atoms with Crippen molar-refractivity contribution in [2.24, 2.45) is 4.99 Å². The molecule has 0 saturated heterocycles. The lowest BCUT2D eigenvalue weighted by Crippen LogP contribution is -2.14. The number of thioether (sulfide) groups is 1. The van der Waals surface area contributed by atoms with Gasteiger partial charge in [-0.2, -0.15) is 0 Å². The molecule has 0 radical (unpaired) electrons. The highest BCUT2D eigenvalue weighted by Crippen LogP contribution is 2.41. The third kappa shape index (κ3) is 6.11. The zero-order valence-corrected chi connectivity index (χ0v) is 19.3. The highest BCUT2D eigenvalue weighted by Gasteiger charge is 2.33. The Morgan fingerprint density at radius 2 is 1.94 bits per heavy atom. The summed E-state index contributed by atoms with van der Waals surface area (Å²) in [6.07, 6.45) is 1.70. The summed E-state index contributed by atoms with van der Waals surface area (Å²) in [6, 6.07) is 3.09. The maximum Gasteiger partial charge on any atom is 0.344 e.